The highest BCUT2D eigenvalue weighted by molar-refractivity contribution is 9.10. The molecule has 1 aromatic rings. The molecule has 1 aliphatic carbocycles. The van der Waals surface area contributed by atoms with Crippen LogP contribution in [0.25, 0.3) is 0 Å². The molecule has 2 rings (SSSR count). The smallest absolute Gasteiger partial charge is 0.106 e. The van der Waals surface area contributed by atoms with Crippen LogP contribution in [-0.2, 0) is 0 Å². The van der Waals surface area contributed by atoms with Gasteiger partial charge in [0, 0.05) is 0 Å². The maximum atomic E-state index is 10.1. The number of hydrogen-bond donors (Lipinski definition) is 1. The predicted molar refractivity (Wildman–Crippen MR) is 58.9 cm³/mol. The summed E-state index contributed by atoms with van der Waals surface area (Å²) in [5, 5.41) is 10.1. The molecule has 1 aliphatic rings. The van der Waals surface area contributed by atoms with Gasteiger partial charge in [0.1, 0.15) is 4.60 Å². The number of aromatic nitrogens is 1. The van der Waals surface area contributed by atoms with Crippen molar-refractivity contribution in [2.45, 2.75) is 31.8 Å². The Morgan fingerprint density at radius 3 is 2.71 bits per heavy atom. The van der Waals surface area contributed by atoms with Crippen molar-refractivity contribution in [2.75, 3.05) is 0 Å². The Morgan fingerprint density at radius 2 is 2.07 bits per heavy atom. The van der Waals surface area contributed by atoms with Gasteiger partial charge in [0.2, 0.25) is 0 Å². The van der Waals surface area contributed by atoms with Gasteiger partial charge in [-0.2, -0.15) is 0 Å². The standard InChI is InChI=1S/C11H14BrNO/c12-10-7-3-6-9(13-10)11(14)8-4-1-2-5-8/h3,6-8,11,14H,1-2,4-5H2. The van der Waals surface area contributed by atoms with Gasteiger partial charge in [-0.05, 0) is 46.8 Å². The summed E-state index contributed by atoms with van der Waals surface area (Å²) in [6.07, 6.45) is 4.38. The number of aliphatic hydroxyl groups is 1. The third kappa shape index (κ3) is 2.15. The van der Waals surface area contributed by atoms with Crippen LogP contribution >= 0.6 is 15.9 Å². The minimum absolute atomic E-state index is 0.380. The fourth-order valence-electron chi connectivity index (χ4n) is 2.10. The average Bonchev–Trinajstić information content (AvgIpc) is 2.69. The number of hydrogen-bond acceptors (Lipinski definition) is 2. The number of rotatable bonds is 2. The number of pyridine rings is 1. The van der Waals surface area contributed by atoms with E-state index in [-0.39, 0.29) is 6.10 Å². The topological polar surface area (TPSA) is 33.1 Å². The van der Waals surface area contributed by atoms with E-state index in [9.17, 15) is 5.11 Å². The van der Waals surface area contributed by atoms with E-state index >= 15 is 0 Å². The van der Waals surface area contributed by atoms with Crippen molar-refractivity contribution in [1.82, 2.24) is 4.98 Å². The third-order valence-electron chi connectivity index (χ3n) is 2.89. The summed E-state index contributed by atoms with van der Waals surface area (Å²) < 4.78 is 0.798. The second-order valence-electron chi connectivity index (χ2n) is 3.87. The molecule has 1 aromatic heterocycles. The zero-order valence-corrected chi connectivity index (χ0v) is 9.57. The first kappa shape index (κ1) is 10.1. The highest BCUT2D eigenvalue weighted by Gasteiger charge is 2.25. The summed E-state index contributed by atoms with van der Waals surface area (Å²) in [6, 6.07) is 5.70. The molecule has 0 bridgehead atoms. The third-order valence-corrected chi connectivity index (χ3v) is 3.33. The van der Waals surface area contributed by atoms with Gasteiger partial charge in [0.15, 0.2) is 0 Å². The van der Waals surface area contributed by atoms with E-state index in [1.54, 1.807) is 0 Å². The molecule has 1 saturated carbocycles. The molecule has 1 fully saturated rings. The van der Waals surface area contributed by atoms with Gasteiger partial charge in [-0.3, -0.25) is 0 Å². The first-order valence-corrected chi connectivity index (χ1v) is 5.87. The van der Waals surface area contributed by atoms with Crippen molar-refractivity contribution in [3.8, 4) is 0 Å². The molecular weight excluding hydrogens is 242 g/mol. The molecule has 0 aliphatic heterocycles. The lowest BCUT2D eigenvalue weighted by Crippen LogP contribution is -2.10. The Hall–Kier alpha value is -0.410. The first-order chi connectivity index (χ1) is 6.77. The largest absolute Gasteiger partial charge is 0.387 e. The predicted octanol–water partition coefficient (Wildman–Crippen LogP) is 3.07. The van der Waals surface area contributed by atoms with Crippen molar-refractivity contribution >= 4 is 15.9 Å². The zero-order valence-electron chi connectivity index (χ0n) is 7.99. The van der Waals surface area contributed by atoms with Crippen LogP contribution in [0.2, 0.25) is 0 Å². The van der Waals surface area contributed by atoms with E-state index in [0.29, 0.717) is 5.92 Å². The maximum Gasteiger partial charge on any atom is 0.106 e. The van der Waals surface area contributed by atoms with Gasteiger partial charge in [-0.25, -0.2) is 4.98 Å². The first-order valence-electron chi connectivity index (χ1n) is 5.08. The molecule has 1 atom stereocenters. The quantitative estimate of drug-likeness (QED) is 0.825. The minimum atomic E-state index is -0.380. The second-order valence-corrected chi connectivity index (χ2v) is 4.69. The molecule has 0 radical (unpaired) electrons. The molecule has 0 spiro atoms. The van der Waals surface area contributed by atoms with E-state index in [2.05, 4.69) is 20.9 Å². The Morgan fingerprint density at radius 1 is 1.36 bits per heavy atom. The number of halogens is 1. The van der Waals surface area contributed by atoms with Gasteiger partial charge < -0.3 is 5.11 Å². The van der Waals surface area contributed by atoms with E-state index in [1.165, 1.54) is 12.8 Å². The van der Waals surface area contributed by atoms with Crippen molar-refractivity contribution < 1.29 is 5.11 Å². The van der Waals surface area contributed by atoms with Crippen LogP contribution in [0.1, 0.15) is 37.5 Å². The number of aliphatic hydroxyl groups excluding tert-OH is 1. The minimum Gasteiger partial charge on any atom is -0.387 e. The van der Waals surface area contributed by atoms with Gasteiger partial charge >= 0.3 is 0 Å². The molecule has 2 nitrogen and oxygen atoms in total. The molecular formula is C11H14BrNO. The SMILES string of the molecule is OC(c1cccc(Br)n1)C1CCCC1. The average molecular weight is 256 g/mol. The van der Waals surface area contributed by atoms with Crippen LogP contribution in [0.15, 0.2) is 22.8 Å². The maximum absolute atomic E-state index is 10.1. The van der Waals surface area contributed by atoms with E-state index in [0.717, 1.165) is 23.1 Å². The lowest BCUT2D eigenvalue weighted by molar-refractivity contribution is 0.107. The van der Waals surface area contributed by atoms with Gasteiger partial charge in [0.25, 0.3) is 0 Å². The molecule has 1 N–H and O–H groups in total. The van der Waals surface area contributed by atoms with E-state index in [1.807, 2.05) is 18.2 Å². The molecule has 14 heavy (non-hydrogen) atoms. The Balaban J connectivity index is 2.13. The fraction of sp³-hybridized carbons (Fsp3) is 0.545. The monoisotopic (exact) mass is 255 g/mol. The van der Waals surface area contributed by atoms with Gasteiger partial charge in [0.05, 0.1) is 11.8 Å². The summed E-state index contributed by atoms with van der Waals surface area (Å²) in [4.78, 5) is 4.28. The normalized spacial score (nSPS) is 19.9. The highest BCUT2D eigenvalue weighted by Crippen LogP contribution is 2.34. The summed E-state index contributed by atoms with van der Waals surface area (Å²) in [5.74, 6) is 0.414. The second kappa shape index (κ2) is 4.41. The Kier molecular flexibility index (Phi) is 3.19. The zero-order chi connectivity index (χ0) is 9.97. The Bertz CT molecular complexity index is 310. The summed E-state index contributed by atoms with van der Waals surface area (Å²) >= 11 is 3.32. The van der Waals surface area contributed by atoms with Crippen LogP contribution in [0.4, 0.5) is 0 Å². The van der Waals surface area contributed by atoms with E-state index in [4.69, 9.17) is 0 Å². The Labute approximate surface area is 92.5 Å². The van der Waals surface area contributed by atoms with Crippen LogP contribution in [0.3, 0.4) is 0 Å². The molecule has 1 heterocycles. The molecule has 3 heteroatoms. The highest BCUT2D eigenvalue weighted by atomic mass is 79.9. The molecule has 1 unspecified atom stereocenters. The van der Waals surface area contributed by atoms with Crippen LogP contribution in [-0.4, -0.2) is 10.1 Å². The van der Waals surface area contributed by atoms with Crippen molar-refractivity contribution in [3.63, 3.8) is 0 Å². The molecule has 76 valence electrons. The van der Waals surface area contributed by atoms with Crippen molar-refractivity contribution in [2.24, 2.45) is 5.92 Å². The van der Waals surface area contributed by atoms with Crippen LogP contribution in [0, 0.1) is 5.92 Å². The van der Waals surface area contributed by atoms with Gasteiger partial charge in [-0.15, -0.1) is 0 Å². The lowest BCUT2D eigenvalue weighted by Gasteiger charge is -2.16. The fourth-order valence-corrected chi connectivity index (χ4v) is 2.46. The summed E-state index contributed by atoms with van der Waals surface area (Å²) in [7, 11) is 0. The molecule has 0 aromatic carbocycles. The summed E-state index contributed by atoms with van der Waals surface area (Å²) in [5.41, 5.74) is 0.797. The van der Waals surface area contributed by atoms with Crippen molar-refractivity contribution in [1.29, 1.82) is 0 Å². The van der Waals surface area contributed by atoms with E-state index < -0.39 is 0 Å². The lowest BCUT2D eigenvalue weighted by atomic mass is 9.98. The summed E-state index contributed by atoms with van der Waals surface area (Å²) in [6.45, 7) is 0. The molecule has 0 saturated heterocycles. The van der Waals surface area contributed by atoms with Crippen LogP contribution in [0.5, 0.6) is 0 Å². The molecule has 0 amide bonds. The van der Waals surface area contributed by atoms with Crippen molar-refractivity contribution in [3.05, 3.63) is 28.5 Å². The number of nitrogens with zero attached hydrogens (tertiary/aromatic N) is 1. The van der Waals surface area contributed by atoms with Gasteiger partial charge in [-0.1, -0.05) is 18.9 Å². The van der Waals surface area contributed by atoms with Crippen LogP contribution < -0.4 is 0 Å².